The Labute approximate surface area is 280 Å². The SMILES string of the molecule is C.C.C.CC.CC.CC.CC.CCC.CCC.CCC.C[C@@H]1[C@H](C)C2(C3CC4CC(C3)CC2C4)[C@H](C)[C@@H]2C[C@H](C)[C@H](C)N12. The third-order valence-electron chi connectivity index (χ3n) is 10.2. The van der Waals surface area contributed by atoms with Crippen LogP contribution in [-0.4, -0.2) is 23.0 Å². The van der Waals surface area contributed by atoms with Crippen LogP contribution in [0.1, 0.15) is 212 Å². The molecule has 0 aromatic heterocycles. The van der Waals surface area contributed by atoms with E-state index in [2.05, 4.69) is 81.1 Å². The van der Waals surface area contributed by atoms with E-state index in [1.54, 1.807) is 32.1 Å². The maximum absolute atomic E-state index is 2.97. The first-order chi connectivity index (χ1) is 19.2. The van der Waals surface area contributed by atoms with Crippen LogP contribution in [0.3, 0.4) is 0 Å². The van der Waals surface area contributed by atoms with Crippen molar-refractivity contribution in [2.24, 2.45) is 46.8 Å². The van der Waals surface area contributed by atoms with Gasteiger partial charge in [0.05, 0.1) is 0 Å². The average Bonchev–Trinajstić information content (AvgIpc) is 3.27. The number of hydrogen-bond donors (Lipinski definition) is 0. The maximum Gasteiger partial charge on any atom is 0.0135 e. The molecule has 6 atom stereocenters. The molecule has 0 radical (unpaired) electrons. The fourth-order valence-electron chi connectivity index (χ4n) is 9.34. The molecule has 6 rings (SSSR count). The largest absolute Gasteiger partial charge is 0.294 e. The molecule has 4 aliphatic carbocycles. The number of hydrogen-bond acceptors (Lipinski definition) is 1. The van der Waals surface area contributed by atoms with Crippen LogP contribution in [0, 0.1) is 46.8 Å². The average molecular weight is 616 g/mol. The molecule has 1 heteroatoms. The molecule has 1 nitrogen and oxygen atoms in total. The van der Waals surface area contributed by atoms with Gasteiger partial charge in [-0.05, 0) is 99.2 Å². The van der Waals surface area contributed by atoms with E-state index < -0.39 is 0 Å². The minimum Gasteiger partial charge on any atom is -0.294 e. The van der Waals surface area contributed by atoms with Gasteiger partial charge in [0.2, 0.25) is 0 Å². The van der Waals surface area contributed by atoms with Crippen molar-refractivity contribution in [3.63, 3.8) is 0 Å². The molecule has 0 N–H and O–H groups in total. The fourth-order valence-corrected chi connectivity index (χ4v) is 9.34. The molecule has 43 heavy (non-hydrogen) atoms. The van der Waals surface area contributed by atoms with Crippen molar-refractivity contribution in [2.75, 3.05) is 0 Å². The summed E-state index contributed by atoms with van der Waals surface area (Å²) >= 11 is 0. The fraction of sp³-hybridized carbons (Fsp3) is 1.00. The van der Waals surface area contributed by atoms with Gasteiger partial charge in [0.1, 0.15) is 0 Å². The van der Waals surface area contributed by atoms with Gasteiger partial charge in [-0.15, -0.1) is 0 Å². The third-order valence-corrected chi connectivity index (χ3v) is 10.2. The lowest BCUT2D eigenvalue weighted by Gasteiger charge is -2.70. The molecule has 0 amide bonds. The predicted octanol–water partition coefficient (Wildman–Crippen LogP) is 15.5. The Morgan fingerprint density at radius 1 is 0.465 bits per heavy atom. The van der Waals surface area contributed by atoms with Crippen LogP contribution in [0.15, 0.2) is 0 Å². The second kappa shape index (κ2) is 30.6. The van der Waals surface area contributed by atoms with E-state index in [9.17, 15) is 0 Å². The topological polar surface area (TPSA) is 3.24 Å². The highest BCUT2D eigenvalue weighted by Crippen LogP contribution is 2.70. The first-order valence-corrected chi connectivity index (χ1v) is 19.0. The summed E-state index contributed by atoms with van der Waals surface area (Å²) in [6, 6.07) is 2.48. The van der Waals surface area contributed by atoms with E-state index >= 15 is 0 Å². The molecule has 0 aromatic rings. The van der Waals surface area contributed by atoms with E-state index in [1.807, 2.05) is 55.4 Å². The lowest BCUT2D eigenvalue weighted by Crippen LogP contribution is -2.69. The molecule has 0 unspecified atom stereocenters. The standard InChI is InChI=1S/C22H37N.3C3H8.4C2H6.3CH4/c1-12-6-21-14(3)22(13(2)16(5)23(21)15(12)4)19-8-17-7-18(10-19)11-20(22)9-17;3*1-3-2;4*1-2;;;/h12-21H,6-11H2,1-5H3;3*3H2,1-2H3;4*1-2H3;3*1H4/t12-,13-,14+,15-,16+,17?,18?,19?,20?,21-,22?;;;;;;;;;;/m0........../s1. The Morgan fingerprint density at radius 3 is 1.07 bits per heavy atom. The van der Waals surface area contributed by atoms with Gasteiger partial charge in [0.15, 0.2) is 0 Å². The molecule has 4 saturated carbocycles. The van der Waals surface area contributed by atoms with Crippen LogP contribution in [0.5, 0.6) is 0 Å². The monoisotopic (exact) mass is 616 g/mol. The summed E-state index contributed by atoms with van der Waals surface area (Å²) < 4.78 is 0. The Hall–Kier alpha value is -0.0400. The van der Waals surface area contributed by atoms with Crippen LogP contribution in [-0.2, 0) is 0 Å². The van der Waals surface area contributed by atoms with Crippen LogP contribution in [0.4, 0.5) is 0 Å². The second-order valence-electron chi connectivity index (χ2n) is 12.7. The number of nitrogens with zero attached hydrogens (tertiary/aromatic N) is 1. The Balaban J connectivity index is -0.000000148. The van der Waals surface area contributed by atoms with Gasteiger partial charge in [-0.3, -0.25) is 4.90 Å². The molecular weight excluding hydrogens is 518 g/mol. The molecule has 4 bridgehead atoms. The van der Waals surface area contributed by atoms with Crippen molar-refractivity contribution in [1.29, 1.82) is 0 Å². The Bertz CT molecular complexity index is 506. The molecule has 6 fully saturated rings. The van der Waals surface area contributed by atoms with Gasteiger partial charge < -0.3 is 0 Å². The lowest BCUT2D eigenvalue weighted by molar-refractivity contribution is -0.217. The number of fused-ring (bicyclic) bond motifs is 1. The van der Waals surface area contributed by atoms with Crippen molar-refractivity contribution in [2.45, 2.75) is 230 Å². The van der Waals surface area contributed by atoms with Crippen molar-refractivity contribution in [3.8, 4) is 0 Å². The van der Waals surface area contributed by atoms with Crippen molar-refractivity contribution < 1.29 is 0 Å². The molecule has 0 aromatic carbocycles. The van der Waals surface area contributed by atoms with E-state index in [-0.39, 0.29) is 22.3 Å². The highest BCUT2D eigenvalue weighted by Gasteiger charge is 2.66. The Kier molecular flexibility index (Phi) is 39.4. The van der Waals surface area contributed by atoms with Gasteiger partial charge in [-0.25, -0.2) is 0 Å². The summed E-state index contributed by atoms with van der Waals surface area (Å²) in [6.07, 6.45) is 13.2. The van der Waals surface area contributed by atoms with Crippen LogP contribution < -0.4 is 0 Å². The van der Waals surface area contributed by atoms with E-state index in [0.717, 1.165) is 59.6 Å². The zero-order valence-corrected chi connectivity index (χ0v) is 32.1. The summed E-state index contributed by atoms with van der Waals surface area (Å²) in [5.74, 6) is 7.07. The summed E-state index contributed by atoms with van der Waals surface area (Å²) in [4.78, 5) is 2.97. The van der Waals surface area contributed by atoms with Gasteiger partial charge in [0, 0.05) is 18.1 Å². The van der Waals surface area contributed by atoms with Crippen LogP contribution in [0.2, 0.25) is 0 Å². The number of rotatable bonds is 0. The highest BCUT2D eigenvalue weighted by molar-refractivity contribution is 5.17. The van der Waals surface area contributed by atoms with Gasteiger partial charge in [-0.2, -0.15) is 0 Å². The van der Waals surface area contributed by atoms with Gasteiger partial charge in [-0.1, -0.05) is 159 Å². The second-order valence-corrected chi connectivity index (χ2v) is 12.7. The molecule has 2 aliphatic heterocycles. The molecular formula is C42H97N. The third kappa shape index (κ3) is 12.9. The van der Waals surface area contributed by atoms with Gasteiger partial charge >= 0.3 is 0 Å². The first kappa shape index (κ1) is 55.4. The Morgan fingerprint density at radius 2 is 0.767 bits per heavy atom. The predicted molar refractivity (Wildman–Crippen MR) is 210 cm³/mol. The summed E-state index contributed by atoms with van der Waals surface area (Å²) in [7, 11) is 0. The number of piperidine rings is 1. The van der Waals surface area contributed by atoms with Crippen molar-refractivity contribution in [3.05, 3.63) is 0 Å². The smallest absolute Gasteiger partial charge is 0.0135 e. The quantitative estimate of drug-likeness (QED) is 0.262. The zero-order valence-electron chi connectivity index (χ0n) is 32.1. The summed E-state index contributed by atoms with van der Waals surface area (Å²) in [5.41, 5.74) is 0.692. The first-order valence-electron chi connectivity index (χ1n) is 19.0. The summed E-state index contributed by atoms with van der Waals surface area (Å²) in [6.45, 7) is 41.7. The minimum absolute atomic E-state index is 0. The summed E-state index contributed by atoms with van der Waals surface area (Å²) in [5, 5.41) is 0. The maximum atomic E-state index is 2.97. The van der Waals surface area contributed by atoms with E-state index in [1.165, 1.54) is 25.7 Å². The van der Waals surface area contributed by atoms with Crippen molar-refractivity contribution >= 4 is 0 Å². The van der Waals surface area contributed by atoms with E-state index in [4.69, 9.17) is 0 Å². The molecule has 1 spiro atoms. The zero-order chi connectivity index (χ0) is 32.2. The highest BCUT2D eigenvalue weighted by atomic mass is 15.3. The lowest BCUT2D eigenvalue weighted by atomic mass is 9.37. The minimum atomic E-state index is 0. The molecule has 6 aliphatic rings. The normalized spacial score (nSPS) is 36.3. The molecule has 2 saturated heterocycles. The van der Waals surface area contributed by atoms with E-state index in [0.29, 0.717) is 5.41 Å². The van der Waals surface area contributed by atoms with Gasteiger partial charge in [0.25, 0.3) is 0 Å². The molecule has 2 heterocycles. The van der Waals surface area contributed by atoms with Crippen LogP contribution >= 0.6 is 0 Å². The molecule has 270 valence electrons. The van der Waals surface area contributed by atoms with Crippen LogP contribution in [0.25, 0.3) is 0 Å². The van der Waals surface area contributed by atoms with Crippen molar-refractivity contribution in [1.82, 2.24) is 4.90 Å².